The predicted molar refractivity (Wildman–Crippen MR) is 146 cm³/mol. The predicted octanol–water partition coefficient (Wildman–Crippen LogP) is 5.56. The van der Waals surface area contributed by atoms with Gasteiger partial charge in [-0.25, -0.2) is 19.3 Å². The monoisotopic (exact) mass is 602 g/mol. The Morgan fingerprint density at radius 2 is 1.70 bits per heavy atom. The molecule has 1 unspecified atom stereocenters. The Labute approximate surface area is 234 Å². The number of rotatable bonds is 5. The lowest BCUT2D eigenvalue weighted by atomic mass is 9.83. The van der Waals surface area contributed by atoms with Gasteiger partial charge in [-0.2, -0.15) is 0 Å². The van der Waals surface area contributed by atoms with E-state index in [9.17, 15) is 4.79 Å². The number of para-hydroxylation sites is 1. The van der Waals surface area contributed by atoms with E-state index in [1.54, 1.807) is 36.4 Å². The van der Waals surface area contributed by atoms with Crippen molar-refractivity contribution in [3.63, 3.8) is 0 Å². The molecule has 0 fully saturated rings. The summed E-state index contributed by atoms with van der Waals surface area (Å²) in [7, 11) is 4.61. The van der Waals surface area contributed by atoms with E-state index in [2.05, 4.69) is 26.0 Å². The van der Waals surface area contributed by atoms with Crippen LogP contribution in [0, 0.1) is 0 Å². The Bertz CT molecular complexity index is 2010. The minimum atomic E-state index is -0.786. The summed E-state index contributed by atoms with van der Waals surface area (Å²) in [4.78, 5) is 23.0. The average Bonchev–Trinajstić information content (AvgIpc) is 3.61. The van der Waals surface area contributed by atoms with Crippen molar-refractivity contribution in [2.45, 2.75) is 5.92 Å². The summed E-state index contributed by atoms with van der Waals surface area (Å²) in [6, 6.07) is 14.1. The second-order valence-corrected chi connectivity index (χ2v) is 9.67. The van der Waals surface area contributed by atoms with Crippen LogP contribution in [0.4, 0.5) is 0 Å². The average molecular weight is 603 g/mol. The molecule has 0 saturated carbocycles. The van der Waals surface area contributed by atoms with Crippen molar-refractivity contribution in [1.82, 2.24) is 19.6 Å². The molecule has 4 aromatic heterocycles. The smallest absolute Gasteiger partial charge is 0.344 e. The second kappa shape index (κ2) is 9.12. The molecule has 0 spiro atoms. The molecule has 40 heavy (non-hydrogen) atoms. The van der Waals surface area contributed by atoms with Crippen molar-refractivity contribution in [1.29, 1.82) is 0 Å². The molecular weight excluding hydrogens is 584 g/mol. The number of aromatic nitrogens is 4. The van der Waals surface area contributed by atoms with Gasteiger partial charge in [0.05, 0.1) is 43.8 Å². The van der Waals surface area contributed by atoms with Gasteiger partial charge in [-0.05, 0) is 46.3 Å². The van der Waals surface area contributed by atoms with Crippen molar-refractivity contribution in [2.75, 3.05) is 21.3 Å². The normalized spacial score (nSPS) is 14.1. The van der Waals surface area contributed by atoms with Crippen molar-refractivity contribution < 1.29 is 27.8 Å². The molecule has 5 heterocycles. The maximum Gasteiger partial charge on any atom is 0.344 e. The molecule has 1 aliphatic heterocycles. The molecule has 1 atom stereocenters. The van der Waals surface area contributed by atoms with E-state index in [0.29, 0.717) is 67.0 Å². The van der Waals surface area contributed by atoms with Crippen LogP contribution in [0.1, 0.15) is 22.6 Å². The van der Waals surface area contributed by atoms with Gasteiger partial charge in [0.2, 0.25) is 11.7 Å². The second-order valence-electron chi connectivity index (χ2n) is 8.88. The summed E-state index contributed by atoms with van der Waals surface area (Å²) in [5.41, 5.74) is 1.57. The van der Waals surface area contributed by atoms with E-state index >= 15 is 0 Å². The van der Waals surface area contributed by atoms with E-state index in [1.807, 2.05) is 12.1 Å². The number of benzene rings is 2. The van der Waals surface area contributed by atoms with Crippen molar-refractivity contribution in [3.8, 4) is 40.5 Å². The first-order chi connectivity index (χ1) is 19.5. The lowest BCUT2D eigenvalue weighted by Gasteiger charge is -2.28. The molecule has 0 amide bonds. The summed E-state index contributed by atoms with van der Waals surface area (Å²) in [6.07, 6.45) is 1.50. The third-order valence-electron chi connectivity index (χ3n) is 6.80. The zero-order valence-corrected chi connectivity index (χ0v) is 22.9. The van der Waals surface area contributed by atoms with Gasteiger partial charge in [-0.3, -0.25) is 0 Å². The SMILES string of the molecule is COc1cc(OC)c(C2c3c(c4ccccc4oc3=O)Oc3ncn4nc(-c5ccc(Br)o5)nc4c32)cc1OC. The quantitative estimate of drug-likeness (QED) is 0.231. The van der Waals surface area contributed by atoms with Gasteiger partial charge in [-0.15, -0.1) is 5.10 Å². The summed E-state index contributed by atoms with van der Waals surface area (Å²) in [5.74, 6) is 1.95. The standard InChI is InChI=1S/C28H19BrN4O7/c1-35-17-11-19(37-3)18(36-2)10-14(17)21-22-24(13-6-4-5-7-15(13)39-28(22)34)40-27-23(21)26-31-25(32-33(26)12-30-27)16-8-9-20(29)38-16/h4-12,21H,1-3H3. The van der Waals surface area contributed by atoms with Crippen LogP contribution in [-0.4, -0.2) is 40.9 Å². The summed E-state index contributed by atoms with van der Waals surface area (Å²) < 4.78 is 36.8. The molecule has 0 bridgehead atoms. The third kappa shape index (κ3) is 3.56. The van der Waals surface area contributed by atoms with Gasteiger partial charge < -0.3 is 27.8 Å². The maximum atomic E-state index is 13.7. The highest BCUT2D eigenvalue weighted by Crippen LogP contribution is 2.52. The third-order valence-corrected chi connectivity index (χ3v) is 7.23. The van der Waals surface area contributed by atoms with Gasteiger partial charge >= 0.3 is 5.63 Å². The van der Waals surface area contributed by atoms with Crippen LogP contribution in [-0.2, 0) is 0 Å². The number of methoxy groups -OCH3 is 3. The highest BCUT2D eigenvalue weighted by atomic mass is 79.9. The van der Waals surface area contributed by atoms with E-state index in [-0.39, 0.29) is 11.4 Å². The van der Waals surface area contributed by atoms with Crippen molar-refractivity contribution in [3.05, 3.63) is 86.6 Å². The fourth-order valence-electron chi connectivity index (χ4n) is 5.06. The lowest BCUT2D eigenvalue weighted by Crippen LogP contribution is -2.23. The molecule has 11 nitrogen and oxygen atoms in total. The molecule has 2 aromatic carbocycles. The zero-order valence-electron chi connectivity index (χ0n) is 21.3. The van der Waals surface area contributed by atoms with Crippen LogP contribution < -0.4 is 24.6 Å². The molecule has 0 aliphatic carbocycles. The first-order valence-corrected chi connectivity index (χ1v) is 12.8. The van der Waals surface area contributed by atoms with E-state index in [1.165, 1.54) is 32.2 Å². The summed E-state index contributed by atoms with van der Waals surface area (Å²) >= 11 is 3.32. The summed E-state index contributed by atoms with van der Waals surface area (Å²) in [6.45, 7) is 0. The lowest BCUT2D eigenvalue weighted by molar-refractivity contribution is 0.346. The van der Waals surface area contributed by atoms with Crippen LogP contribution >= 0.6 is 15.9 Å². The van der Waals surface area contributed by atoms with E-state index in [0.717, 1.165) is 0 Å². The summed E-state index contributed by atoms with van der Waals surface area (Å²) in [5, 5.41) is 5.18. The molecule has 200 valence electrons. The van der Waals surface area contributed by atoms with Gasteiger partial charge in [0.25, 0.3) is 0 Å². The fraction of sp³-hybridized carbons (Fsp3) is 0.143. The van der Waals surface area contributed by atoms with E-state index in [4.69, 9.17) is 32.8 Å². The largest absolute Gasteiger partial charge is 0.496 e. The fourth-order valence-corrected chi connectivity index (χ4v) is 5.36. The Hall–Kier alpha value is -4.84. The molecular formula is C28H19BrN4O7. The highest BCUT2D eigenvalue weighted by molar-refractivity contribution is 9.10. The number of ether oxygens (including phenoxy) is 4. The minimum Gasteiger partial charge on any atom is -0.496 e. The number of fused-ring (bicyclic) bond motifs is 6. The maximum absolute atomic E-state index is 13.7. The number of furan rings is 1. The van der Waals surface area contributed by atoms with E-state index < -0.39 is 11.5 Å². The van der Waals surface area contributed by atoms with Gasteiger partial charge in [0.1, 0.15) is 17.7 Å². The number of halogens is 1. The molecule has 12 heteroatoms. The topological polar surface area (TPSA) is 123 Å². The zero-order chi connectivity index (χ0) is 27.5. The van der Waals surface area contributed by atoms with Crippen LogP contribution in [0.3, 0.4) is 0 Å². The first kappa shape index (κ1) is 24.2. The van der Waals surface area contributed by atoms with Gasteiger partial charge in [0, 0.05) is 11.6 Å². The Kier molecular flexibility index (Phi) is 5.52. The van der Waals surface area contributed by atoms with Crippen molar-refractivity contribution in [2.24, 2.45) is 0 Å². The number of hydrogen-bond donors (Lipinski definition) is 0. The van der Waals surface area contributed by atoms with Crippen molar-refractivity contribution >= 4 is 32.5 Å². The number of nitrogens with zero attached hydrogens (tertiary/aromatic N) is 4. The molecule has 6 aromatic rings. The number of hydrogen-bond acceptors (Lipinski definition) is 10. The van der Waals surface area contributed by atoms with Crippen LogP contribution in [0.2, 0.25) is 0 Å². The molecule has 0 N–H and O–H groups in total. The minimum absolute atomic E-state index is 0.261. The Morgan fingerprint density at radius 1 is 0.925 bits per heavy atom. The van der Waals surface area contributed by atoms with Gasteiger partial charge in [-0.1, -0.05) is 12.1 Å². The first-order valence-electron chi connectivity index (χ1n) is 12.0. The van der Waals surface area contributed by atoms with Crippen LogP contribution in [0.5, 0.6) is 28.9 Å². The Morgan fingerprint density at radius 3 is 2.45 bits per heavy atom. The van der Waals surface area contributed by atoms with Crippen LogP contribution in [0.25, 0.3) is 28.2 Å². The highest BCUT2D eigenvalue weighted by Gasteiger charge is 2.39. The van der Waals surface area contributed by atoms with Gasteiger partial charge in [0.15, 0.2) is 33.3 Å². The van der Waals surface area contributed by atoms with Crippen LogP contribution in [0.15, 0.2) is 73.2 Å². The molecule has 7 rings (SSSR count). The Balaban J connectivity index is 1.58. The molecule has 0 radical (unpaired) electrons. The molecule has 1 aliphatic rings. The molecule has 0 saturated heterocycles.